The molecule has 1 amide bonds. The molecule has 0 bridgehead atoms. The van der Waals surface area contributed by atoms with Crippen molar-refractivity contribution in [1.82, 2.24) is 0 Å². The summed E-state index contributed by atoms with van der Waals surface area (Å²) in [5.74, 6) is 1.21. The van der Waals surface area contributed by atoms with E-state index in [1.54, 1.807) is 7.11 Å². The smallest absolute Gasteiger partial charge is 0.219 e. The van der Waals surface area contributed by atoms with Crippen molar-refractivity contribution in [2.75, 3.05) is 25.3 Å². The van der Waals surface area contributed by atoms with Crippen molar-refractivity contribution < 1.29 is 19.0 Å². The molecule has 7 heteroatoms. The first-order valence-corrected chi connectivity index (χ1v) is 8.64. The van der Waals surface area contributed by atoms with Crippen LogP contribution in [0.25, 0.3) is 0 Å². The van der Waals surface area contributed by atoms with Crippen molar-refractivity contribution in [3.05, 3.63) is 52.5 Å². The van der Waals surface area contributed by atoms with Crippen LogP contribution in [0.15, 0.2) is 36.4 Å². The minimum absolute atomic E-state index is 0.214. The number of anilines is 1. The maximum Gasteiger partial charge on any atom is 0.219 e. The van der Waals surface area contributed by atoms with Gasteiger partial charge in [0.15, 0.2) is 6.79 Å². The molecule has 3 rings (SSSR count). The van der Waals surface area contributed by atoms with E-state index in [-0.39, 0.29) is 19.1 Å². The van der Waals surface area contributed by atoms with Crippen LogP contribution in [-0.2, 0) is 22.7 Å². The topological polar surface area (TPSA) is 74.0 Å². The number of methoxy groups -OCH3 is 1. The second kappa shape index (κ2) is 8.29. The normalized spacial score (nSPS) is 12.8. The molecule has 1 heterocycles. The SMILES string of the molecule is COc1ccc(N(CCC(N)=O)Cc2cc(Cl)cc3c2OCOC3)cc1. The predicted molar refractivity (Wildman–Crippen MR) is 99.6 cm³/mol. The highest BCUT2D eigenvalue weighted by atomic mass is 35.5. The quantitative estimate of drug-likeness (QED) is 0.803. The lowest BCUT2D eigenvalue weighted by molar-refractivity contribution is -0.117. The number of halogens is 1. The second-order valence-electron chi connectivity index (χ2n) is 6.00. The van der Waals surface area contributed by atoms with Gasteiger partial charge in [-0.25, -0.2) is 0 Å². The van der Waals surface area contributed by atoms with Gasteiger partial charge >= 0.3 is 0 Å². The number of rotatable bonds is 7. The number of hydrogen-bond acceptors (Lipinski definition) is 5. The molecule has 2 aromatic carbocycles. The molecule has 6 nitrogen and oxygen atoms in total. The monoisotopic (exact) mass is 376 g/mol. The van der Waals surface area contributed by atoms with Crippen LogP contribution in [0.2, 0.25) is 5.02 Å². The van der Waals surface area contributed by atoms with Gasteiger partial charge in [0, 0.05) is 41.3 Å². The molecule has 0 saturated carbocycles. The molecule has 1 aliphatic rings. The lowest BCUT2D eigenvalue weighted by Crippen LogP contribution is -2.28. The summed E-state index contributed by atoms with van der Waals surface area (Å²) in [6, 6.07) is 11.4. The van der Waals surface area contributed by atoms with E-state index >= 15 is 0 Å². The molecule has 0 radical (unpaired) electrons. The molecule has 1 aliphatic heterocycles. The van der Waals surface area contributed by atoms with Gasteiger partial charge in [-0.15, -0.1) is 0 Å². The van der Waals surface area contributed by atoms with Crippen LogP contribution in [0, 0.1) is 0 Å². The van der Waals surface area contributed by atoms with Crippen molar-refractivity contribution in [1.29, 1.82) is 0 Å². The summed E-state index contributed by atoms with van der Waals surface area (Å²) in [5, 5.41) is 0.623. The molecule has 0 saturated heterocycles. The van der Waals surface area contributed by atoms with Crippen LogP contribution >= 0.6 is 11.6 Å². The van der Waals surface area contributed by atoms with Crippen molar-refractivity contribution in [2.45, 2.75) is 19.6 Å². The Labute approximate surface area is 157 Å². The largest absolute Gasteiger partial charge is 0.497 e. The summed E-state index contributed by atoms with van der Waals surface area (Å²) in [6.07, 6.45) is 0.249. The Morgan fingerprint density at radius 2 is 2.08 bits per heavy atom. The zero-order valence-electron chi connectivity index (χ0n) is 14.5. The van der Waals surface area contributed by atoms with Gasteiger partial charge in [-0.1, -0.05) is 11.6 Å². The summed E-state index contributed by atoms with van der Waals surface area (Å²) in [5.41, 5.74) is 8.16. The molecule has 2 N–H and O–H groups in total. The predicted octanol–water partition coefficient (Wildman–Crippen LogP) is 3.10. The first kappa shape index (κ1) is 18.4. The lowest BCUT2D eigenvalue weighted by atomic mass is 10.1. The van der Waals surface area contributed by atoms with E-state index in [9.17, 15) is 4.79 Å². The minimum atomic E-state index is -0.346. The number of nitrogens with two attached hydrogens (primary N) is 1. The zero-order valence-corrected chi connectivity index (χ0v) is 15.3. The standard InChI is InChI=1S/C19H21ClN2O4/c1-24-17-4-2-16(3-5-17)22(7-6-18(21)23)10-13-8-15(20)9-14-11-25-12-26-19(13)14/h2-5,8-9H,6-7,10-12H2,1H3,(H2,21,23). The van der Waals surface area contributed by atoms with E-state index in [1.165, 1.54) is 0 Å². The Bertz CT molecular complexity index is 780. The molecule has 0 spiro atoms. The maximum absolute atomic E-state index is 11.3. The molecule has 0 atom stereocenters. The number of ether oxygens (including phenoxy) is 3. The first-order valence-electron chi connectivity index (χ1n) is 8.26. The molecule has 0 unspecified atom stereocenters. The third kappa shape index (κ3) is 4.39. The van der Waals surface area contributed by atoms with Crippen LogP contribution in [0.1, 0.15) is 17.5 Å². The number of benzene rings is 2. The van der Waals surface area contributed by atoms with E-state index in [0.29, 0.717) is 24.7 Å². The zero-order chi connectivity index (χ0) is 18.5. The Hall–Kier alpha value is -2.44. The lowest BCUT2D eigenvalue weighted by Gasteiger charge is -2.28. The molecule has 138 valence electrons. The summed E-state index contributed by atoms with van der Waals surface area (Å²) < 4.78 is 16.2. The van der Waals surface area contributed by atoms with Crippen LogP contribution in [0.3, 0.4) is 0 Å². The molecule has 26 heavy (non-hydrogen) atoms. The minimum Gasteiger partial charge on any atom is -0.497 e. The van der Waals surface area contributed by atoms with Crippen LogP contribution in [-0.4, -0.2) is 26.4 Å². The van der Waals surface area contributed by atoms with Gasteiger partial charge < -0.3 is 24.8 Å². The fourth-order valence-corrected chi connectivity index (χ4v) is 3.18. The van der Waals surface area contributed by atoms with E-state index in [1.807, 2.05) is 36.4 Å². The van der Waals surface area contributed by atoms with Gasteiger partial charge in [0.05, 0.1) is 13.7 Å². The van der Waals surface area contributed by atoms with Crippen LogP contribution < -0.4 is 20.1 Å². The second-order valence-corrected chi connectivity index (χ2v) is 6.44. The summed E-state index contributed by atoms with van der Waals surface area (Å²) in [6.45, 7) is 1.69. The van der Waals surface area contributed by atoms with E-state index in [0.717, 1.165) is 28.3 Å². The summed E-state index contributed by atoms with van der Waals surface area (Å²) >= 11 is 6.26. The van der Waals surface area contributed by atoms with Gasteiger partial charge in [0.2, 0.25) is 5.91 Å². The van der Waals surface area contributed by atoms with E-state index in [2.05, 4.69) is 4.90 Å². The average Bonchev–Trinajstić information content (AvgIpc) is 2.64. The van der Waals surface area contributed by atoms with E-state index in [4.69, 9.17) is 31.5 Å². The van der Waals surface area contributed by atoms with Gasteiger partial charge in [0.25, 0.3) is 0 Å². The molecule has 0 aromatic heterocycles. The van der Waals surface area contributed by atoms with E-state index < -0.39 is 0 Å². The molecule has 0 fully saturated rings. The fraction of sp³-hybridized carbons (Fsp3) is 0.316. The van der Waals surface area contributed by atoms with Crippen LogP contribution in [0.4, 0.5) is 5.69 Å². The fourth-order valence-electron chi connectivity index (χ4n) is 2.92. The molecule has 2 aromatic rings. The number of fused-ring (bicyclic) bond motifs is 1. The van der Waals surface area contributed by atoms with Crippen molar-refractivity contribution in [3.8, 4) is 11.5 Å². The highest BCUT2D eigenvalue weighted by Crippen LogP contribution is 2.33. The Kier molecular flexibility index (Phi) is 5.85. The van der Waals surface area contributed by atoms with Gasteiger partial charge in [-0.2, -0.15) is 0 Å². The van der Waals surface area contributed by atoms with Gasteiger partial charge in [-0.05, 0) is 36.4 Å². The van der Waals surface area contributed by atoms with Crippen molar-refractivity contribution in [2.24, 2.45) is 5.73 Å². The number of primary amides is 1. The number of nitrogens with zero attached hydrogens (tertiary/aromatic N) is 1. The summed E-state index contributed by atoms with van der Waals surface area (Å²) in [7, 11) is 1.62. The molecular weight excluding hydrogens is 356 g/mol. The highest BCUT2D eigenvalue weighted by molar-refractivity contribution is 6.30. The van der Waals surface area contributed by atoms with Crippen molar-refractivity contribution in [3.63, 3.8) is 0 Å². The third-order valence-corrected chi connectivity index (χ3v) is 4.40. The third-order valence-electron chi connectivity index (χ3n) is 4.18. The van der Waals surface area contributed by atoms with Crippen LogP contribution in [0.5, 0.6) is 11.5 Å². The average molecular weight is 377 g/mol. The number of amides is 1. The number of carbonyl (C=O) groups is 1. The van der Waals surface area contributed by atoms with Gasteiger partial charge in [-0.3, -0.25) is 4.79 Å². The first-order chi connectivity index (χ1) is 12.6. The van der Waals surface area contributed by atoms with Crippen molar-refractivity contribution >= 4 is 23.2 Å². The molecular formula is C19H21ClN2O4. The Morgan fingerprint density at radius 1 is 1.31 bits per heavy atom. The maximum atomic E-state index is 11.3. The highest BCUT2D eigenvalue weighted by Gasteiger charge is 2.19. The Balaban J connectivity index is 1.89. The number of hydrogen-bond donors (Lipinski definition) is 1. The Morgan fingerprint density at radius 3 is 2.77 bits per heavy atom. The molecule has 0 aliphatic carbocycles. The summed E-state index contributed by atoms with van der Waals surface area (Å²) in [4.78, 5) is 13.4. The van der Waals surface area contributed by atoms with Gasteiger partial charge in [0.1, 0.15) is 11.5 Å². The number of carbonyl (C=O) groups excluding carboxylic acids is 1.